The standard InChI is InChI=1S/C16H33BF3O8/c1-21-2-3-22-4-5-23-6-7-24-8-9-25-10-11-26-12-13-27-14-15-28-16-17(18,19)20/h2-16H2,1H3/q-1. The third-order valence-electron chi connectivity index (χ3n) is 2.97. The molecular formula is C16H33BF3O8-. The Morgan fingerprint density at radius 2 is 0.679 bits per heavy atom. The minimum absolute atomic E-state index is 0.0857. The third-order valence-corrected chi connectivity index (χ3v) is 2.97. The molecule has 0 aromatic rings. The Hall–Kier alpha value is -0.465. The predicted molar refractivity (Wildman–Crippen MR) is 96.7 cm³/mol. The van der Waals surface area contributed by atoms with Crippen LogP contribution >= 0.6 is 0 Å². The number of hydrogen-bond donors (Lipinski definition) is 0. The minimum atomic E-state index is -4.89. The third kappa shape index (κ3) is 25.5. The van der Waals surface area contributed by atoms with E-state index in [2.05, 4.69) is 4.74 Å². The fourth-order valence-electron chi connectivity index (χ4n) is 1.68. The topological polar surface area (TPSA) is 73.8 Å². The van der Waals surface area contributed by atoms with Gasteiger partial charge in [0.25, 0.3) is 0 Å². The molecule has 0 spiro atoms. The highest BCUT2D eigenvalue weighted by atomic mass is 19.4. The molecule has 0 aliphatic carbocycles. The first-order chi connectivity index (χ1) is 13.6. The van der Waals surface area contributed by atoms with E-state index in [4.69, 9.17) is 33.2 Å². The molecule has 170 valence electrons. The zero-order valence-electron chi connectivity index (χ0n) is 16.6. The molecule has 0 amide bonds. The number of hydrogen-bond acceptors (Lipinski definition) is 8. The molecule has 8 nitrogen and oxygen atoms in total. The van der Waals surface area contributed by atoms with Gasteiger partial charge >= 0.3 is 6.98 Å². The Morgan fingerprint density at radius 1 is 0.429 bits per heavy atom. The van der Waals surface area contributed by atoms with E-state index in [1.807, 2.05) is 0 Å². The largest absolute Gasteiger partial charge is 0.503 e. The fourth-order valence-corrected chi connectivity index (χ4v) is 1.68. The molecule has 0 atom stereocenters. The molecule has 0 saturated carbocycles. The molecule has 0 aromatic carbocycles. The van der Waals surface area contributed by atoms with Crippen LogP contribution in [0.3, 0.4) is 0 Å². The molecule has 0 aromatic heterocycles. The highest BCUT2D eigenvalue weighted by Gasteiger charge is 2.22. The SMILES string of the molecule is COCCOCCOCCOCCOCCOCCOCCOC[B-](F)(F)F. The van der Waals surface area contributed by atoms with Crippen LogP contribution < -0.4 is 0 Å². The van der Waals surface area contributed by atoms with Crippen molar-refractivity contribution in [2.75, 3.05) is 106 Å². The van der Waals surface area contributed by atoms with Gasteiger partial charge in [-0.1, -0.05) is 0 Å². The Labute approximate surface area is 164 Å². The molecule has 0 aliphatic rings. The van der Waals surface area contributed by atoms with Crippen molar-refractivity contribution in [1.82, 2.24) is 0 Å². The molecule has 0 heterocycles. The van der Waals surface area contributed by atoms with Gasteiger partial charge in [0.15, 0.2) is 0 Å². The van der Waals surface area contributed by atoms with E-state index < -0.39 is 13.5 Å². The minimum Gasteiger partial charge on any atom is -0.447 e. The van der Waals surface area contributed by atoms with Crippen LogP contribution in [0.5, 0.6) is 0 Å². The molecule has 0 unspecified atom stereocenters. The number of halogens is 3. The average molecular weight is 421 g/mol. The van der Waals surface area contributed by atoms with Crippen LogP contribution in [0.2, 0.25) is 0 Å². The second-order valence-electron chi connectivity index (χ2n) is 5.45. The zero-order valence-corrected chi connectivity index (χ0v) is 16.6. The summed E-state index contributed by atoms with van der Waals surface area (Å²) >= 11 is 0. The second kappa shape index (κ2) is 21.2. The van der Waals surface area contributed by atoms with E-state index in [9.17, 15) is 12.9 Å². The summed E-state index contributed by atoms with van der Waals surface area (Å²) in [6.07, 6.45) is 0. The predicted octanol–water partition coefficient (Wildman–Crippen LogP) is 1.14. The van der Waals surface area contributed by atoms with Crippen LogP contribution in [0.15, 0.2) is 0 Å². The summed E-state index contributed by atoms with van der Waals surface area (Å²) in [7, 11) is 1.62. The molecule has 0 fully saturated rings. The summed E-state index contributed by atoms with van der Waals surface area (Å²) in [5.41, 5.74) is 0. The first-order valence-electron chi connectivity index (χ1n) is 9.30. The summed E-state index contributed by atoms with van der Waals surface area (Å²) in [6.45, 7) is -0.503. The lowest BCUT2D eigenvalue weighted by Gasteiger charge is -2.13. The van der Waals surface area contributed by atoms with Gasteiger partial charge in [-0.3, -0.25) is 0 Å². The number of methoxy groups -OCH3 is 1. The van der Waals surface area contributed by atoms with Gasteiger partial charge in [0.2, 0.25) is 0 Å². The van der Waals surface area contributed by atoms with E-state index in [0.29, 0.717) is 79.3 Å². The molecule has 0 N–H and O–H groups in total. The number of ether oxygens (including phenoxy) is 8. The maximum atomic E-state index is 11.9. The van der Waals surface area contributed by atoms with E-state index in [1.54, 1.807) is 7.11 Å². The maximum absolute atomic E-state index is 11.9. The summed E-state index contributed by atoms with van der Waals surface area (Å²) in [5, 5.41) is 0. The molecule has 12 heteroatoms. The zero-order chi connectivity index (χ0) is 20.8. The quantitative estimate of drug-likeness (QED) is 0.180. The van der Waals surface area contributed by atoms with Crippen LogP contribution in [-0.4, -0.2) is 113 Å². The van der Waals surface area contributed by atoms with Crippen molar-refractivity contribution in [3.05, 3.63) is 0 Å². The smallest absolute Gasteiger partial charge is 0.447 e. The summed E-state index contributed by atoms with van der Waals surface area (Å²) < 4.78 is 76.4. The number of rotatable bonds is 23. The maximum Gasteiger partial charge on any atom is 0.503 e. The summed E-state index contributed by atoms with van der Waals surface area (Å²) in [6, 6.07) is 0. The summed E-state index contributed by atoms with van der Waals surface area (Å²) in [5.74, 6) is 0. The Bertz CT molecular complexity index is 314. The fraction of sp³-hybridized carbons (Fsp3) is 1.00. The lowest BCUT2D eigenvalue weighted by atomic mass is 9.95. The van der Waals surface area contributed by atoms with Crippen LogP contribution in [0.1, 0.15) is 0 Å². The van der Waals surface area contributed by atoms with Gasteiger partial charge in [-0.2, -0.15) is 0 Å². The van der Waals surface area contributed by atoms with Crippen LogP contribution in [0, 0.1) is 0 Å². The molecular weight excluding hydrogens is 388 g/mol. The molecule has 28 heavy (non-hydrogen) atoms. The first kappa shape index (κ1) is 27.5. The van der Waals surface area contributed by atoms with Gasteiger partial charge in [0.05, 0.1) is 92.5 Å². The highest BCUT2D eigenvalue weighted by molar-refractivity contribution is 6.58. The van der Waals surface area contributed by atoms with Gasteiger partial charge in [-0.25, -0.2) is 0 Å². The molecule has 0 rings (SSSR count). The lowest BCUT2D eigenvalue weighted by molar-refractivity contribution is -0.0216. The van der Waals surface area contributed by atoms with Crippen molar-refractivity contribution in [3.8, 4) is 0 Å². The highest BCUT2D eigenvalue weighted by Crippen LogP contribution is 2.07. The Balaban J connectivity index is 3.01. The Morgan fingerprint density at radius 3 is 0.929 bits per heavy atom. The van der Waals surface area contributed by atoms with E-state index in [0.717, 1.165) is 0 Å². The van der Waals surface area contributed by atoms with Crippen molar-refractivity contribution in [2.24, 2.45) is 0 Å². The van der Waals surface area contributed by atoms with Crippen LogP contribution in [0.25, 0.3) is 0 Å². The van der Waals surface area contributed by atoms with Crippen LogP contribution in [0.4, 0.5) is 12.9 Å². The first-order valence-corrected chi connectivity index (χ1v) is 9.30. The summed E-state index contributed by atoms with van der Waals surface area (Å²) in [4.78, 5) is 0. The van der Waals surface area contributed by atoms with E-state index in [1.165, 1.54) is 0 Å². The van der Waals surface area contributed by atoms with E-state index in [-0.39, 0.29) is 13.2 Å². The van der Waals surface area contributed by atoms with Crippen molar-refractivity contribution in [2.45, 2.75) is 0 Å². The van der Waals surface area contributed by atoms with Crippen molar-refractivity contribution in [3.63, 3.8) is 0 Å². The van der Waals surface area contributed by atoms with Crippen molar-refractivity contribution in [1.29, 1.82) is 0 Å². The van der Waals surface area contributed by atoms with Crippen LogP contribution in [-0.2, 0) is 37.9 Å². The average Bonchev–Trinajstić information content (AvgIpc) is 2.65. The van der Waals surface area contributed by atoms with E-state index >= 15 is 0 Å². The van der Waals surface area contributed by atoms with Crippen molar-refractivity contribution < 1.29 is 50.8 Å². The van der Waals surface area contributed by atoms with Gasteiger partial charge < -0.3 is 50.8 Å². The monoisotopic (exact) mass is 421 g/mol. The normalized spacial score (nSPS) is 12.0. The Kier molecular flexibility index (Phi) is 20.9. The molecule has 0 saturated heterocycles. The molecule has 0 bridgehead atoms. The second-order valence-corrected chi connectivity index (χ2v) is 5.45. The molecule has 0 radical (unpaired) electrons. The van der Waals surface area contributed by atoms with Crippen molar-refractivity contribution >= 4 is 6.98 Å². The van der Waals surface area contributed by atoms with Gasteiger partial charge in [-0.05, 0) is 0 Å². The van der Waals surface area contributed by atoms with Gasteiger partial charge in [0, 0.05) is 13.6 Å². The van der Waals surface area contributed by atoms with Gasteiger partial charge in [0.1, 0.15) is 0 Å². The van der Waals surface area contributed by atoms with Gasteiger partial charge in [-0.15, -0.1) is 0 Å². The molecule has 0 aliphatic heterocycles. The lowest BCUT2D eigenvalue weighted by Crippen LogP contribution is -2.25.